The van der Waals surface area contributed by atoms with E-state index < -0.39 is 5.76 Å². The molecule has 1 aromatic heterocycles. The van der Waals surface area contributed by atoms with Crippen molar-refractivity contribution in [3.63, 3.8) is 0 Å². The second-order valence-electron chi connectivity index (χ2n) is 4.75. The number of H-pyrrole nitrogens is 1. The first kappa shape index (κ1) is 15.7. The van der Waals surface area contributed by atoms with E-state index in [0.29, 0.717) is 5.82 Å². The van der Waals surface area contributed by atoms with Crippen molar-refractivity contribution >= 4 is 0 Å². The van der Waals surface area contributed by atoms with Crippen molar-refractivity contribution in [3.05, 3.63) is 28.5 Å². The minimum atomic E-state index is -0.463. The maximum absolute atomic E-state index is 10.7. The van der Waals surface area contributed by atoms with Gasteiger partial charge < -0.3 is 5.73 Å². The summed E-state index contributed by atoms with van der Waals surface area (Å²) in [5, 5.41) is 3.64. The zero-order valence-electron chi connectivity index (χ0n) is 11.6. The molecule has 0 saturated carbocycles. The predicted molar refractivity (Wildman–Crippen MR) is 76.0 cm³/mol. The molecule has 5 heteroatoms. The Balaban J connectivity index is 1.87. The molecule has 0 aromatic carbocycles. The number of allylic oxidation sites excluding steroid dienone is 2. The minimum Gasteiger partial charge on any atom is -0.330 e. The summed E-state index contributed by atoms with van der Waals surface area (Å²) in [4.78, 5) is 13.3. The van der Waals surface area contributed by atoms with Crippen LogP contribution in [0.4, 0.5) is 0 Å². The number of hydrogen-bond acceptors (Lipinski definition) is 4. The molecule has 108 valence electrons. The lowest BCUT2D eigenvalue weighted by atomic mass is 10.1. The Morgan fingerprint density at radius 2 is 1.74 bits per heavy atom. The van der Waals surface area contributed by atoms with E-state index in [1.54, 1.807) is 0 Å². The molecule has 19 heavy (non-hydrogen) atoms. The second-order valence-corrected chi connectivity index (χ2v) is 4.75. The highest BCUT2D eigenvalue weighted by Gasteiger charge is 1.99. The molecule has 1 heterocycles. The highest BCUT2D eigenvalue weighted by molar-refractivity contribution is 4.81. The zero-order chi connectivity index (χ0) is 13.8. The first-order valence-electron chi connectivity index (χ1n) is 7.23. The third kappa shape index (κ3) is 8.37. The molecule has 5 nitrogen and oxygen atoms in total. The summed E-state index contributed by atoms with van der Waals surface area (Å²) in [7, 11) is 0. The topological polar surface area (TPSA) is 84.9 Å². The Hall–Kier alpha value is -1.36. The van der Waals surface area contributed by atoms with Crippen LogP contribution in [-0.2, 0) is 6.42 Å². The van der Waals surface area contributed by atoms with Crippen LogP contribution < -0.4 is 11.5 Å². The van der Waals surface area contributed by atoms with E-state index in [1.807, 2.05) is 0 Å². The highest BCUT2D eigenvalue weighted by Crippen LogP contribution is 2.06. The van der Waals surface area contributed by atoms with Gasteiger partial charge in [0.15, 0.2) is 5.82 Å². The van der Waals surface area contributed by atoms with Gasteiger partial charge in [0.1, 0.15) is 0 Å². The van der Waals surface area contributed by atoms with Crippen LogP contribution in [0.5, 0.6) is 0 Å². The van der Waals surface area contributed by atoms with E-state index in [4.69, 9.17) is 5.73 Å². The summed E-state index contributed by atoms with van der Waals surface area (Å²) < 4.78 is 4.44. The number of aryl methyl sites for hydroxylation is 1. The molecule has 0 aliphatic carbocycles. The van der Waals surface area contributed by atoms with Crippen LogP contribution in [0, 0.1) is 0 Å². The van der Waals surface area contributed by atoms with Gasteiger partial charge in [-0.2, -0.15) is 0 Å². The third-order valence-electron chi connectivity index (χ3n) is 3.01. The van der Waals surface area contributed by atoms with E-state index in [9.17, 15) is 4.79 Å². The lowest BCUT2D eigenvalue weighted by Gasteiger charge is -1.97. The Bertz CT molecular complexity index is 395. The molecule has 3 N–H and O–H groups in total. The molecule has 0 aliphatic heterocycles. The smallest absolute Gasteiger partial charge is 0.330 e. The Morgan fingerprint density at radius 3 is 2.37 bits per heavy atom. The number of nitrogens with zero attached hydrogens (tertiary/aromatic N) is 1. The summed E-state index contributed by atoms with van der Waals surface area (Å²) >= 11 is 0. The number of hydrogen-bond donors (Lipinski definition) is 2. The van der Waals surface area contributed by atoms with Crippen molar-refractivity contribution in [2.45, 2.75) is 57.8 Å². The van der Waals surface area contributed by atoms with Gasteiger partial charge >= 0.3 is 5.76 Å². The molecule has 1 aromatic rings. The van der Waals surface area contributed by atoms with E-state index in [-0.39, 0.29) is 0 Å². The van der Waals surface area contributed by atoms with Crippen molar-refractivity contribution in [1.29, 1.82) is 0 Å². The molecule has 0 atom stereocenters. The minimum absolute atomic E-state index is 0.463. The Labute approximate surface area is 114 Å². The number of aromatic nitrogens is 2. The summed E-state index contributed by atoms with van der Waals surface area (Å²) in [6.07, 6.45) is 14.6. The van der Waals surface area contributed by atoms with Crippen molar-refractivity contribution in [2.24, 2.45) is 5.73 Å². The van der Waals surface area contributed by atoms with Gasteiger partial charge in [0, 0.05) is 6.42 Å². The Morgan fingerprint density at radius 1 is 1.05 bits per heavy atom. The van der Waals surface area contributed by atoms with Crippen molar-refractivity contribution in [2.75, 3.05) is 6.54 Å². The monoisotopic (exact) mass is 267 g/mol. The van der Waals surface area contributed by atoms with Gasteiger partial charge in [0.25, 0.3) is 0 Å². The van der Waals surface area contributed by atoms with Crippen LogP contribution in [-0.4, -0.2) is 16.7 Å². The average molecular weight is 267 g/mol. The SMILES string of the molecule is NCCCC/C=C\CCCCCCc1noc(=O)[nH]1. The van der Waals surface area contributed by atoms with Gasteiger partial charge in [0.2, 0.25) is 0 Å². The number of unbranched alkanes of at least 4 members (excludes halogenated alkanes) is 6. The number of rotatable bonds is 11. The molecule has 0 unspecified atom stereocenters. The fraction of sp³-hybridized carbons (Fsp3) is 0.714. The first-order chi connectivity index (χ1) is 9.33. The van der Waals surface area contributed by atoms with E-state index >= 15 is 0 Å². The molecule has 0 saturated heterocycles. The van der Waals surface area contributed by atoms with Crippen LogP contribution >= 0.6 is 0 Å². The Kier molecular flexibility index (Phi) is 8.72. The van der Waals surface area contributed by atoms with E-state index in [1.165, 1.54) is 19.3 Å². The molecule has 0 amide bonds. The molecule has 0 bridgehead atoms. The molecule has 0 spiro atoms. The largest absolute Gasteiger partial charge is 0.438 e. The van der Waals surface area contributed by atoms with Crippen LogP contribution in [0.1, 0.15) is 57.2 Å². The fourth-order valence-electron chi connectivity index (χ4n) is 1.92. The quantitative estimate of drug-likeness (QED) is 0.476. The van der Waals surface area contributed by atoms with Crippen molar-refractivity contribution in [1.82, 2.24) is 10.1 Å². The predicted octanol–water partition coefficient (Wildman–Crippen LogP) is 2.54. The molecule has 0 radical (unpaired) electrons. The maximum atomic E-state index is 10.7. The summed E-state index contributed by atoms with van der Waals surface area (Å²) in [6, 6.07) is 0. The van der Waals surface area contributed by atoms with E-state index in [2.05, 4.69) is 26.8 Å². The molecule has 0 aliphatic rings. The maximum Gasteiger partial charge on any atom is 0.438 e. The lowest BCUT2D eigenvalue weighted by Crippen LogP contribution is -1.97. The van der Waals surface area contributed by atoms with Gasteiger partial charge in [-0.05, 0) is 45.1 Å². The molecule has 0 fully saturated rings. The highest BCUT2D eigenvalue weighted by atomic mass is 16.5. The standard InChI is InChI=1S/C14H25N3O2/c15-12-10-8-6-4-2-1-3-5-7-9-11-13-16-14(18)19-17-13/h2,4H,1,3,5-12,15H2,(H,16,17,18)/b4-2-. The van der Waals surface area contributed by atoms with Gasteiger partial charge in [-0.3, -0.25) is 9.51 Å². The normalized spacial score (nSPS) is 11.4. The summed E-state index contributed by atoms with van der Waals surface area (Å²) in [5.41, 5.74) is 5.43. The molecular formula is C14H25N3O2. The zero-order valence-corrected chi connectivity index (χ0v) is 11.6. The number of aromatic amines is 1. The third-order valence-corrected chi connectivity index (χ3v) is 3.01. The summed E-state index contributed by atoms with van der Waals surface area (Å²) in [5.74, 6) is 0.194. The fourth-order valence-corrected chi connectivity index (χ4v) is 1.92. The molecule has 1 rings (SSSR count). The molecular weight excluding hydrogens is 242 g/mol. The van der Waals surface area contributed by atoms with Crippen LogP contribution in [0.15, 0.2) is 21.5 Å². The van der Waals surface area contributed by atoms with Gasteiger partial charge in [-0.15, -0.1) is 0 Å². The van der Waals surface area contributed by atoms with Crippen LogP contribution in [0.25, 0.3) is 0 Å². The van der Waals surface area contributed by atoms with Crippen molar-refractivity contribution in [3.8, 4) is 0 Å². The van der Waals surface area contributed by atoms with Gasteiger partial charge in [0.05, 0.1) is 0 Å². The number of nitrogens with one attached hydrogen (secondary N) is 1. The van der Waals surface area contributed by atoms with Crippen LogP contribution in [0.3, 0.4) is 0 Å². The van der Waals surface area contributed by atoms with Gasteiger partial charge in [-0.1, -0.05) is 30.2 Å². The van der Waals surface area contributed by atoms with Gasteiger partial charge in [-0.25, -0.2) is 4.79 Å². The number of nitrogens with two attached hydrogens (primary N) is 1. The average Bonchev–Trinajstić information content (AvgIpc) is 2.82. The van der Waals surface area contributed by atoms with Crippen molar-refractivity contribution < 1.29 is 4.52 Å². The summed E-state index contributed by atoms with van der Waals surface area (Å²) in [6.45, 7) is 0.796. The lowest BCUT2D eigenvalue weighted by molar-refractivity contribution is 0.380. The van der Waals surface area contributed by atoms with E-state index in [0.717, 1.165) is 45.1 Å². The van der Waals surface area contributed by atoms with Crippen LogP contribution in [0.2, 0.25) is 0 Å². The first-order valence-corrected chi connectivity index (χ1v) is 7.23. The second kappa shape index (κ2) is 10.6.